The first-order valence-corrected chi connectivity index (χ1v) is 9.87. The topological polar surface area (TPSA) is 48.2 Å². The van der Waals surface area contributed by atoms with Gasteiger partial charge in [0.2, 0.25) is 5.70 Å². The molecule has 0 atom stereocenters. The fraction of sp³-hybridized carbons (Fsp3) is 0.167. The van der Waals surface area contributed by atoms with E-state index in [1.807, 2.05) is 55.7 Å². The monoisotopic (exact) mass is 404 g/mol. The molecule has 0 aliphatic heterocycles. The Morgan fingerprint density at radius 1 is 1.07 bits per heavy atom. The van der Waals surface area contributed by atoms with E-state index in [-0.39, 0.29) is 5.76 Å². The van der Waals surface area contributed by atoms with Crippen LogP contribution in [0.1, 0.15) is 23.6 Å². The third-order valence-corrected chi connectivity index (χ3v) is 4.92. The molecule has 0 radical (unpaired) electrons. The van der Waals surface area contributed by atoms with Gasteiger partial charge in [-0.15, -0.1) is 0 Å². The molecule has 0 fully saturated rings. The molecule has 2 aromatic carbocycles. The number of ether oxygens (including phenoxy) is 1. The summed E-state index contributed by atoms with van der Waals surface area (Å²) < 4.78 is 6.97. The van der Waals surface area contributed by atoms with Crippen molar-refractivity contribution in [3.8, 4) is 5.75 Å². The molecule has 148 valence electrons. The van der Waals surface area contributed by atoms with Gasteiger partial charge >= 0.3 is 0 Å². The van der Waals surface area contributed by atoms with Gasteiger partial charge in [0.1, 0.15) is 5.75 Å². The summed E-state index contributed by atoms with van der Waals surface area (Å²) in [6.07, 6.45) is 4.67. The number of pyridine rings is 1. The first-order chi connectivity index (χ1) is 14.0. The van der Waals surface area contributed by atoms with Gasteiger partial charge in [-0.2, -0.15) is 4.57 Å². The van der Waals surface area contributed by atoms with E-state index in [9.17, 15) is 5.11 Å². The average molecular weight is 405 g/mol. The smallest absolute Gasteiger partial charge is 0.238 e. The lowest BCUT2D eigenvalue weighted by Crippen LogP contribution is -2.40. The molecule has 0 aliphatic carbocycles. The molecule has 3 rings (SSSR count). The van der Waals surface area contributed by atoms with Gasteiger partial charge in [-0.1, -0.05) is 43.4 Å². The Morgan fingerprint density at radius 3 is 2.34 bits per heavy atom. The van der Waals surface area contributed by atoms with Crippen molar-refractivity contribution >= 4 is 34.3 Å². The lowest BCUT2D eigenvalue weighted by molar-refractivity contribution is -0.577. The van der Waals surface area contributed by atoms with Crippen molar-refractivity contribution in [2.75, 3.05) is 12.4 Å². The Morgan fingerprint density at radius 2 is 1.76 bits per heavy atom. The first-order valence-electron chi connectivity index (χ1n) is 9.46. The average Bonchev–Trinajstić information content (AvgIpc) is 2.74. The molecule has 0 aliphatic rings. The van der Waals surface area contributed by atoms with Crippen molar-refractivity contribution < 1.29 is 14.4 Å². The van der Waals surface area contributed by atoms with Crippen LogP contribution in [0.4, 0.5) is 5.69 Å². The quantitative estimate of drug-likeness (QED) is 0.292. The van der Waals surface area contributed by atoms with Crippen LogP contribution in [0.2, 0.25) is 0 Å². The third-order valence-electron chi connectivity index (χ3n) is 4.62. The minimum absolute atomic E-state index is 0.160. The van der Waals surface area contributed by atoms with Crippen LogP contribution in [0.3, 0.4) is 0 Å². The first kappa shape index (κ1) is 20.6. The number of hydrogen-bond acceptors (Lipinski definition) is 3. The van der Waals surface area contributed by atoms with Gasteiger partial charge < -0.3 is 15.2 Å². The van der Waals surface area contributed by atoms with Gasteiger partial charge in [-0.25, -0.2) is 0 Å². The molecular formula is C24H24N2O2S. The maximum atomic E-state index is 13.4. The largest absolute Gasteiger partial charge is 0.867 e. The Labute approximate surface area is 177 Å². The highest BCUT2D eigenvalue weighted by Gasteiger charge is 2.19. The maximum Gasteiger partial charge on any atom is 0.238 e. The fourth-order valence-corrected chi connectivity index (χ4v) is 3.29. The Hall–Kier alpha value is -3.18. The number of nitrogens with one attached hydrogen (secondary N) is 1. The number of thiocarbonyl (C=S) groups is 1. The highest BCUT2D eigenvalue weighted by atomic mass is 32.1. The Bertz CT molecular complexity index is 1030. The molecule has 1 heterocycles. The van der Waals surface area contributed by atoms with Gasteiger partial charge in [-0.05, 0) is 60.1 Å². The van der Waals surface area contributed by atoms with Crippen molar-refractivity contribution in [3.63, 3.8) is 0 Å². The number of methoxy groups -OCH3 is 1. The zero-order chi connectivity index (χ0) is 20.8. The second-order valence-electron chi connectivity index (χ2n) is 6.70. The van der Waals surface area contributed by atoms with Gasteiger partial charge in [0, 0.05) is 17.8 Å². The third kappa shape index (κ3) is 5.00. The van der Waals surface area contributed by atoms with Crippen molar-refractivity contribution in [1.82, 2.24) is 0 Å². The molecule has 3 aromatic rings. The van der Waals surface area contributed by atoms with Crippen molar-refractivity contribution in [1.29, 1.82) is 0 Å². The predicted molar refractivity (Wildman–Crippen MR) is 120 cm³/mol. The summed E-state index contributed by atoms with van der Waals surface area (Å²) in [5.74, 6) is 0.538. The number of aryl methyl sites for hydroxylation is 2. The van der Waals surface area contributed by atoms with Gasteiger partial charge in [0.05, 0.1) is 7.11 Å². The summed E-state index contributed by atoms with van der Waals surface area (Å²) in [5.41, 5.74) is 4.09. The molecule has 0 amide bonds. The number of hydrogen-bond donors (Lipinski definition) is 1. The minimum atomic E-state index is -0.160. The predicted octanol–water partition coefficient (Wildman–Crippen LogP) is 3.98. The molecule has 0 unspecified atom stereocenters. The maximum absolute atomic E-state index is 13.4. The molecule has 4 nitrogen and oxygen atoms in total. The van der Waals surface area contributed by atoms with Crippen LogP contribution in [-0.4, -0.2) is 12.1 Å². The molecular weight excluding hydrogens is 380 g/mol. The van der Waals surface area contributed by atoms with Crippen LogP contribution in [0.25, 0.3) is 11.5 Å². The summed E-state index contributed by atoms with van der Waals surface area (Å²) in [6, 6.07) is 18.9. The standard InChI is InChI=1S/C24H24N2O2S/c1-4-18-12-14-26(15-13-18)22(23(27)19-8-10-21(28-3)11-9-19)24(29)25-20-7-5-6-17(2)16-20/h5-16H,4H2,1-3H3,(H-,25,27,29). The lowest BCUT2D eigenvalue weighted by atomic mass is 10.1. The van der Waals surface area contributed by atoms with Crippen LogP contribution in [-0.2, 0) is 6.42 Å². The van der Waals surface area contributed by atoms with E-state index < -0.39 is 0 Å². The van der Waals surface area contributed by atoms with E-state index in [0.717, 1.165) is 17.7 Å². The SMILES string of the molecule is CCc1cc[n+](/C(C(=S)Nc2cccc(C)c2)=C(/[O-])c2ccc(OC)cc2)cc1. The van der Waals surface area contributed by atoms with Gasteiger partial charge in [0.25, 0.3) is 0 Å². The summed E-state index contributed by atoms with van der Waals surface area (Å²) in [6.45, 7) is 4.11. The van der Waals surface area contributed by atoms with E-state index in [4.69, 9.17) is 17.0 Å². The number of benzene rings is 2. The highest BCUT2D eigenvalue weighted by Crippen LogP contribution is 2.20. The lowest BCUT2D eigenvalue weighted by Gasteiger charge is -2.17. The highest BCUT2D eigenvalue weighted by molar-refractivity contribution is 7.81. The summed E-state index contributed by atoms with van der Waals surface area (Å²) >= 11 is 5.65. The van der Waals surface area contributed by atoms with Crippen molar-refractivity contribution in [2.24, 2.45) is 0 Å². The number of rotatable bonds is 6. The number of anilines is 1. The number of aromatic nitrogens is 1. The Balaban J connectivity index is 2.05. The van der Waals surface area contributed by atoms with E-state index in [1.165, 1.54) is 5.56 Å². The van der Waals surface area contributed by atoms with Gasteiger partial charge in [-0.3, -0.25) is 0 Å². The van der Waals surface area contributed by atoms with E-state index in [0.29, 0.717) is 22.0 Å². The number of nitrogens with zero attached hydrogens (tertiary/aromatic N) is 1. The summed E-state index contributed by atoms with van der Waals surface area (Å²) in [7, 11) is 1.60. The molecule has 0 saturated heterocycles. The molecule has 1 aromatic heterocycles. The van der Waals surface area contributed by atoms with Crippen molar-refractivity contribution in [3.05, 3.63) is 89.7 Å². The minimum Gasteiger partial charge on any atom is -0.867 e. The van der Waals surface area contributed by atoms with Crippen LogP contribution in [0.5, 0.6) is 5.75 Å². The molecule has 29 heavy (non-hydrogen) atoms. The van der Waals surface area contributed by atoms with E-state index >= 15 is 0 Å². The second kappa shape index (κ2) is 9.34. The van der Waals surface area contributed by atoms with Crippen LogP contribution in [0, 0.1) is 6.92 Å². The summed E-state index contributed by atoms with van der Waals surface area (Å²) in [5, 5.41) is 16.6. The van der Waals surface area contributed by atoms with E-state index in [2.05, 4.69) is 12.2 Å². The fourth-order valence-electron chi connectivity index (χ4n) is 2.97. The molecule has 0 saturated carbocycles. The van der Waals surface area contributed by atoms with Crippen LogP contribution < -0.4 is 19.7 Å². The van der Waals surface area contributed by atoms with Gasteiger partial charge in [0.15, 0.2) is 17.4 Å². The second-order valence-corrected chi connectivity index (χ2v) is 7.11. The molecule has 0 bridgehead atoms. The van der Waals surface area contributed by atoms with Crippen LogP contribution in [0.15, 0.2) is 73.1 Å². The molecule has 1 N–H and O–H groups in total. The van der Waals surface area contributed by atoms with E-state index in [1.54, 1.807) is 35.9 Å². The molecule has 5 heteroatoms. The Kier molecular flexibility index (Phi) is 6.62. The summed E-state index contributed by atoms with van der Waals surface area (Å²) in [4.78, 5) is 0.366. The normalized spacial score (nSPS) is 11.6. The zero-order valence-electron chi connectivity index (χ0n) is 16.8. The molecule has 0 spiro atoms. The van der Waals surface area contributed by atoms with Crippen LogP contribution >= 0.6 is 12.2 Å². The van der Waals surface area contributed by atoms with Crippen molar-refractivity contribution in [2.45, 2.75) is 20.3 Å². The zero-order valence-corrected chi connectivity index (χ0v) is 17.6.